The van der Waals surface area contributed by atoms with Crippen LogP contribution in [-0.2, 0) is 0 Å². The molecule has 0 fully saturated rings. The number of aliphatic hydroxyl groups excluding tert-OH is 1. The lowest BCUT2D eigenvalue weighted by atomic mass is 10.0. The first-order valence-corrected chi connectivity index (χ1v) is 9.45. The van der Waals surface area contributed by atoms with Gasteiger partial charge >= 0.3 is 0 Å². The molecule has 0 saturated carbocycles. The Morgan fingerprint density at radius 1 is 1.16 bits per heavy atom. The van der Waals surface area contributed by atoms with Gasteiger partial charge in [0.2, 0.25) is 0 Å². The summed E-state index contributed by atoms with van der Waals surface area (Å²) in [7, 11) is 0. The van der Waals surface area contributed by atoms with Gasteiger partial charge in [0.05, 0.1) is 6.54 Å². The highest BCUT2D eigenvalue weighted by Gasteiger charge is 2.09. The Morgan fingerprint density at radius 3 is 2.48 bits per heavy atom. The molecular weight excluding hydrogens is 314 g/mol. The molecule has 0 aliphatic heterocycles. The van der Waals surface area contributed by atoms with Crippen LogP contribution in [-0.4, -0.2) is 43.4 Å². The molecule has 2 atom stereocenters. The number of aliphatic imine (C=N–C) groups is 1. The minimum atomic E-state index is 0.0374. The highest BCUT2D eigenvalue weighted by molar-refractivity contribution is 5.79. The van der Waals surface area contributed by atoms with Crippen LogP contribution in [0, 0.1) is 12.8 Å². The monoisotopic (exact) mass is 349 g/mol. The van der Waals surface area contributed by atoms with E-state index in [0.29, 0.717) is 12.5 Å². The summed E-state index contributed by atoms with van der Waals surface area (Å²) in [5.74, 6) is 2.13. The molecule has 0 aliphatic rings. The van der Waals surface area contributed by atoms with Crippen molar-refractivity contribution in [1.82, 2.24) is 10.6 Å². The fourth-order valence-corrected chi connectivity index (χ4v) is 2.61. The Balaban J connectivity index is 2.49. The lowest BCUT2D eigenvalue weighted by Crippen LogP contribution is -2.42. The van der Waals surface area contributed by atoms with Crippen LogP contribution < -0.4 is 15.4 Å². The number of benzene rings is 1. The molecule has 0 aliphatic carbocycles. The Kier molecular flexibility index (Phi) is 10.7. The lowest BCUT2D eigenvalue weighted by molar-refractivity contribution is 0.223. The zero-order valence-corrected chi connectivity index (χ0v) is 16.2. The minimum Gasteiger partial charge on any atom is -0.489 e. The third kappa shape index (κ3) is 9.34. The van der Waals surface area contributed by atoms with Crippen LogP contribution in [0.15, 0.2) is 29.3 Å². The van der Waals surface area contributed by atoms with E-state index in [1.165, 1.54) is 5.56 Å². The van der Waals surface area contributed by atoms with Gasteiger partial charge in [-0.2, -0.15) is 0 Å². The Morgan fingerprint density at radius 2 is 1.88 bits per heavy atom. The van der Waals surface area contributed by atoms with Crippen LogP contribution in [0.25, 0.3) is 0 Å². The zero-order chi connectivity index (χ0) is 18.5. The molecule has 142 valence electrons. The van der Waals surface area contributed by atoms with Gasteiger partial charge in [0.1, 0.15) is 11.9 Å². The summed E-state index contributed by atoms with van der Waals surface area (Å²) in [5.41, 5.74) is 1.23. The van der Waals surface area contributed by atoms with Crippen molar-refractivity contribution < 1.29 is 9.84 Å². The predicted molar refractivity (Wildman–Crippen MR) is 105 cm³/mol. The van der Waals surface area contributed by atoms with E-state index in [-0.39, 0.29) is 12.7 Å². The maximum absolute atomic E-state index is 9.17. The summed E-state index contributed by atoms with van der Waals surface area (Å²) < 4.78 is 5.92. The van der Waals surface area contributed by atoms with Crippen molar-refractivity contribution >= 4 is 5.96 Å². The maximum atomic E-state index is 9.17. The second-order valence-corrected chi connectivity index (χ2v) is 6.51. The molecule has 0 aromatic heterocycles. The van der Waals surface area contributed by atoms with Crippen molar-refractivity contribution in [2.24, 2.45) is 10.9 Å². The molecular formula is C20H35N3O2. The summed E-state index contributed by atoms with van der Waals surface area (Å²) in [6, 6.07) is 8.09. The largest absolute Gasteiger partial charge is 0.489 e. The average Bonchev–Trinajstić information content (AvgIpc) is 2.59. The number of nitrogens with zero attached hydrogens (tertiary/aromatic N) is 1. The van der Waals surface area contributed by atoms with E-state index < -0.39 is 0 Å². The fraction of sp³-hybridized carbons (Fsp3) is 0.650. The molecule has 0 saturated heterocycles. The summed E-state index contributed by atoms with van der Waals surface area (Å²) in [4.78, 5) is 4.67. The number of rotatable bonds is 11. The summed E-state index contributed by atoms with van der Waals surface area (Å²) in [6.45, 7) is 10.8. The van der Waals surface area contributed by atoms with E-state index in [1.54, 1.807) is 0 Å². The van der Waals surface area contributed by atoms with Gasteiger partial charge in [0.15, 0.2) is 5.96 Å². The van der Waals surface area contributed by atoms with E-state index in [0.717, 1.165) is 44.1 Å². The summed E-state index contributed by atoms with van der Waals surface area (Å²) >= 11 is 0. The number of hydrogen-bond donors (Lipinski definition) is 3. The normalized spacial score (nSPS) is 14.0. The van der Waals surface area contributed by atoms with Crippen molar-refractivity contribution in [2.75, 3.05) is 26.2 Å². The lowest BCUT2D eigenvalue weighted by Gasteiger charge is -2.19. The molecule has 3 N–H and O–H groups in total. The zero-order valence-electron chi connectivity index (χ0n) is 16.2. The van der Waals surface area contributed by atoms with E-state index in [9.17, 15) is 0 Å². The van der Waals surface area contributed by atoms with Crippen molar-refractivity contribution in [3.63, 3.8) is 0 Å². The molecule has 1 aromatic carbocycles. The maximum Gasteiger partial charge on any atom is 0.191 e. The third-order valence-corrected chi connectivity index (χ3v) is 4.00. The number of guanidine groups is 1. The summed E-state index contributed by atoms with van der Waals surface area (Å²) in [6.07, 6.45) is 3.06. The minimum absolute atomic E-state index is 0.0374. The van der Waals surface area contributed by atoms with Crippen LogP contribution in [0.4, 0.5) is 0 Å². The molecule has 0 amide bonds. The van der Waals surface area contributed by atoms with Gasteiger partial charge in [0, 0.05) is 19.7 Å². The first-order valence-electron chi connectivity index (χ1n) is 9.45. The standard InChI is InChI=1S/C20H35N3O2/c1-5-7-18(12-13-24)15-23-20(21-6-2)22-14-17(4)25-19-10-8-16(3)9-11-19/h8-11,17-18,24H,5-7,12-15H2,1-4H3,(H2,21,22,23). The molecule has 25 heavy (non-hydrogen) atoms. The second kappa shape index (κ2) is 12.6. The molecule has 1 rings (SSSR count). The molecule has 2 unspecified atom stereocenters. The number of nitrogens with one attached hydrogen (secondary N) is 2. The van der Waals surface area contributed by atoms with Crippen molar-refractivity contribution in [1.29, 1.82) is 0 Å². The van der Waals surface area contributed by atoms with Crippen molar-refractivity contribution in [3.8, 4) is 5.75 Å². The van der Waals surface area contributed by atoms with E-state index in [2.05, 4.69) is 48.5 Å². The second-order valence-electron chi connectivity index (χ2n) is 6.51. The number of aryl methyl sites for hydroxylation is 1. The Hall–Kier alpha value is -1.75. The van der Waals surface area contributed by atoms with Gasteiger partial charge in [-0.1, -0.05) is 31.0 Å². The van der Waals surface area contributed by atoms with E-state index >= 15 is 0 Å². The molecule has 0 heterocycles. The van der Waals surface area contributed by atoms with Crippen LogP contribution in [0.5, 0.6) is 5.75 Å². The third-order valence-electron chi connectivity index (χ3n) is 4.00. The van der Waals surface area contributed by atoms with E-state index in [4.69, 9.17) is 9.84 Å². The molecule has 0 spiro atoms. The summed E-state index contributed by atoms with van der Waals surface area (Å²) in [5, 5.41) is 15.8. The molecule has 0 bridgehead atoms. The Bertz CT molecular complexity index is 482. The van der Waals surface area contributed by atoms with Crippen molar-refractivity contribution in [2.45, 2.75) is 53.1 Å². The molecule has 1 aromatic rings. The van der Waals surface area contributed by atoms with Crippen LogP contribution in [0.3, 0.4) is 0 Å². The predicted octanol–water partition coefficient (Wildman–Crippen LogP) is 3.12. The SMILES string of the molecule is CCCC(CCO)CN=C(NCC)NCC(C)Oc1ccc(C)cc1. The molecule has 5 nitrogen and oxygen atoms in total. The van der Waals surface area contributed by atoms with Gasteiger partial charge < -0.3 is 20.5 Å². The quantitative estimate of drug-likeness (QED) is 0.424. The molecule has 0 radical (unpaired) electrons. The van der Waals surface area contributed by atoms with Gasteiger partial charge in [0.25, 0.3) is 0 Å². The number of hydrogen-bond acceptors (Lipinski definition) is 3. The van der Waals surface area contributed by atoms with Gasteiger partial charge in [-0.15, -0.1) is 0 Å². The topological polar surface area (TPSA) is 65.9 Å². The highest BCUT2D eigenvalue weighted by Crippen LogP contribution is 2.13. The fourth-order valence-electron chi connectivity index (χ4n) is 2.61. The van der Waals surface area contributed by atoms with Crippen LogP contribution in [0.2, 0.25) is 0 Å². The molecule has 5 heteroatoms. The van der Waals surface area contributed by atoms with Gasteiger partial charge in [-0.3, -0.25) is 4.99 Å². The number of aliphatic hydroxyl groups is 1. The smallest absolute Gasteiger partial charge is 0.191 e. The first kappa shape index (κ1) is 21.3. The van der Waals surface area contributed by atoms with Gasteiger partial charge in [-0.05, 0) is 51.7 Å². The highest BCUT2D eigenvalue weighted by atomic mass is 16.5. The van der Waals surface area contributed by atoms with E-state index in [1.807, 2.05) is 19.1 Å². The van der Waals surface area contributed by atoms with Crippen molar-refractivity contribution in [3.05, 3.63) is 29.8 Å². The van der Waals surface area contributed by atoms with Crippen LogP contribution >= 0.6 is 0 Å². The van der Waals surface area contributed by atoms with Crippen LogP contribution in [0.1, 0.15) is 45.6 Å². The first-order chi connectivity index (χ1) is 12.1. The van der Waals surface area contributed by atoms with Gasteiger partial charge in [-0.25, -0.2) is 0 Å². The average molecular weight is 350 g/mol. The number of ether oxygens (including phenoxy) is 1. The Labute approximate surface area is 152 Å².